The van der Waals surface area contributed by atoms with E-state index in [-0.39, 0.29) is 18.4 Å². The van der Waals surface area contributed by atoms with Gasteiger partial charge in [-0.3, -0.25) is 9.69 Å². The first-order valence-electron chi connectivity index (χ1n) is 16.7. The molecule has 0 aromatic rings. The molecule has 0 radical (unpaired) electrons. The zero-order valence-electron chi connectivity index (χ0n) is 30.4. The van der Waals surface area contributed by atoms with Crippen molar-refractivity contribution < 1.29 is 42.7 Å². The first-order valence-corrected chi connectivity index (χ1v) is 16.7. The first-order chi connectivity index (χ1) is 20.9. The number of piperidine rings is 1. The Bertz CT molecular complexity index is 1130. The van der Waals surface area contributed by atoms with Gasteiger partial charge in [0, 0.05) is 18.5 Å². The van der Waals surface area contributed by atoms with Crippen LogP contribution in [0.2, 0.25) is 6.32 Å². The quantitative estimate of drug-likeness (QED) is 0.214. The molecule has 4 atom stereocenters. The summed E-state index contributed by atoms with van der Waals surface area (Å²) in [5.41, 5.74) is -3.32. The summed E-state index contributed by atoms with van der Waals surface area (Å²) >= 11 is 0. The molecule has 0 aromatic heterocycles. The van der Waals surface area contributed by atoms with Crippen molar-refractivity contribution in [2.45, 2.75) is 156 Å². The monoisotopic (exact) mass is 651 g/mol. The molecule has 3 heterocycles. The highest BCUT2D eigenvalue weighted by Gasteiger charge is 2.63. The van der Waals surface area contributed by atoms with Gasteiger partial charge in [-0.2, -0.15) is 0 Å². The molecule has 1 unspecified atom stereocenters. The van der Waals surface area contributed by atoms with E-state index in [0.717, 1.165) is 0 Å². The zero-order valence-corrected chi connectivity index (χ0v) is 30.4. The van der Waals surface area contributed by atoms with Gasteiger partial charge in [0.25, 0.3) is 0 Å². The summed E-state index contributed by atoms with van der Waals surface area (Å²) in [6.07, 6.45) is 1.58. The third kappa shape index (κ3) is 8.30. The number of alkyl carbamates (subject to hydrolysis) is 1. The van der Waals surface area contributed by atoms with E-state index in [2.05, 4.69) is 5.32 Å². The molecular weight excluding hydrogens is 593 g/mol. The van der Waals surface area contributed by atoms with E-state index in [1.165, 1.54) is 12.0 Å². The van der Waals surface area contributed by atoms with Gasteiger partial charge in [0.15, 0.2) is 0 Å². The minimum Gasteiger partial charge on any atom is -0.467 e. The van der Waals surface area contributed by atoms with Gasteiger partial charge >= 0.3 is 25.3 Å². The van der Waals surface area contributed by atoms with E-state index < -0.39 is 71.2 Å². The number of likely N-dealkylation sites (tertiary alicyclic amines) is 2. The molecule has 3 saturated heterocycles. The molecule has 12 nitrogen and oxygen atoms in total. The summed E-state index contributed by atoms with van der Waals surface area (Å²) in [4.78, 5) is 57.7. The second-order valence-corrected chi connectivity index (χ2v) is 16.4. The number of fused-ring (bicyclic) bond motifs is 1. The third-order valence-corrected chi connectivity index (χ3v) is 9.63. The van der Waals surface area contributed by atoms with Crippen LogP contribution < -0.4 is 5.32 Å². The summed E-state index contributed by atoms with van der Waals surface area (Å²) < 4.78 is 29.1. The number of rotatable bonds is 8. The van der Waals surface area contributed by atoms with Crippen molar-refractivity contribution in [3.05, 3.63) is 0 Å². The van der Waals surface area contributed by atoms with Crippen molar-refractivity contribution in [2.24, 2.45) is 11.3 Å². The Labute approximate surface area is 276 Å². The topological polar surface area (TPSA) is 133 Å². The largest absolute Gasteiger partial charge is 0.467 e. The average molecular weight is 652 g/mol. The van der Waals surface area contributed by atoms with E-state index in [0.29, 0.717) is 38.5 Å². The van der Waals surface area contributed by atoms with Gasteiger partial charge in [-0.25, -0.2) is 14.4 Å². The maximum Gasteiger partial charge on any atom is 0.457 e. The van der Waals surface area contributed by atoms with Crippen LogP contribution in [0.5, 0.6) is 0 Å². The number of methoxy groups -OCH3 is 1. The fourth-order valence-electron chi connectivity index (χ4n) is 6.89. The molecule has 3 aliphatic rings. The van der Waals surface area contributed by atoms with E-state index in [4.69, 9.17) is 23.5 Å². The minimum atomic E-state index is -0.970. The Kier molecular flexibility index (Phi) is 11.2. The molecule has 0 saturated carbocycles. The normalized spacial score (nSPS) is 26.4. The minimum absolute atomic E-state index is 0.0914. The number of nitrogens with one attached hydrogen (secondary N) is 1. The number of carbonyl (C=O) groups is 4. The van der Waals surface area contributed by atoms with Crippen LogP contribution in [-0.4, -0.2) is 102 Å². The van der Waals surface area contributed by atoms with Crippen LogP contribution in [0.25, 0.3) is 0 Å². The van der Waals surface area contributed by atoms with Crippen LogP contribution in [0.4, 0.5) is 9.59 Å². The highest BCUT2D eigenvalue weighted by atomic mass is 16.7. The average Bonchev–Trinajstić information content (AvgIpc) is 3.33. The number of esters is 1. The zero-order chi connectivity index (χ0) is 35.0. The molecule has 13 heteroatoms. The van der Waals surface area contributed by atoms with Crippen LogP contribution >= 0.6 is 0 Å². The van der Waals surface area contributed by atoms with Gasteiger partial charge in [0.05, 0.1) is 24.4 Å². The number of hydrogen-bond donors (Lipinski definition) is 1. The predicted molar refractivity (Wildman–Crippen MR) is 174 cm³/mol. The van der Waals surface area contributed by atoms with E-state index >= 15 is 0 Å². The lowest BCUT2D eigenvalue weighted by Crippen LogP contribution is -2.61. The molecule has 0 aromatic carbocycles. The third-order valence-electron chi connectivity index (χ3n) is 9.63. The summed E-state index contributed by atoms with van der Waals surface area (Å²) in [6, 6.07) is -2.37. The SMILES string of the molecule is COC(=O)[C@H]1N(C(=O)OC(C)(C)C)C[C@@H]2N(C(=O)C(NC(=O)OC(C)(C)C)C(C)C)CCC[C@@]21CCCB1OC(C)(C)C(C)(C)O1. The Balaban J connectivity index is 1.99. The first kappa shape index (κ1) is 37.9. The lowest BCUT2D eigenvalue weighted by molar-refractivity contribution is -0.154. The van der Waals surface area contributed by atoms with Gasteiger partial charge < -0.3 is 33.7 Å². The summed E-state index contributed by atoms with van der Waals surface area (Å²) in [6.45, 7) is 22.9. The molecule has 46 heavy (non-hydrogen) atoms. The summed E-state index contributed by atoms with van der Waals surface area (Å²) in [5.74, 6) is -1.08. The maximum absolute atomic E-state index is 14.4. The molecule has 3 rings (SSSR count). The van der Waals surface area contributed by atoms with Crippen molar-refractivity contribution in [1.29, 1.82) is 0 Å². The van der Waals surface area contributed by atoms with Crippen LogP contribution in [-0.2, 0) is 33.1 Å². The van der Waals surface area contributed by atoms with Gasteiger partial charge in [0.2, 0.25) is 5.91 Å². The van der Waals surface area contributed by atoms with Gasteiger partial charge in [0.1, 0.15) is 23.3 Å². The molecule has 3 fully saturated rings. The van der Waals surface area contributed by atoms with Crippen molar-refractivity contribution >= 4 is 31.2 Å². The number of amides is 3. The number of carbonyl (C=O) groups excluding carboxylic acids is 4. The molecule has 262 valence electrons. The number of ether oxygens (including phenoxy) is 3. The van der Waals surface area contributed by atoms with Gasteiger partial charge in [-0.1, -0.05) is 20.3 Å². The standard InChI is InChI=1S/C33H58BN3O9/c1-21(2)23(35-27(40)43-29(3,4)5)25(38)36-19-15-17-33(16-14-18-34-45-31(9,10)32(11,12)46-34)22(36)20-37(24(33)26(39)42-13)28(41)44-30(6,7)8/h21-24H,14-20H2,1-13H3,(H,35,40)/t22-,23?,24+,33-/m0/s1. The molecular formula is C33H58BN3O9. The van der Waals surface area contributed by atoms with Crippen LogP contribution in [0.1, 0.15) is 109 Å². The predicted octanol–water partition coefficient (Wildman–Crippen LogP) is 5.18. The Hall–Kier alpha value is -2.54. The van der Waals surface area contributed by atoms with E-state index in [1.54, 1.807) is 46.4 Å². The lowest BCUT2D eigenvalue weighted by Gasteiger charge is -2.48. The number of hydrogen-bond acceptors (Lipinski definition) is 9. The van der Waals surface area contributed by atoms with Crippen molar-refractivity contribution in [3.8, 4) is 0 Å². The fourth-order valence-corrected chi connectivity index (χ4v) is 6.89. The molecule has 3 amide bonds. The van der Waals surface area contributed by atoms with Crippen molar-refractivity contribution in [2.75, 3.05) is 20.2 Å². The van der Waals surface area contributed by atoms with Crippen molar-refractivity contribution in [3.63, 3.8) is 0 Å². The molecule has 3 aliphatic heterocycles. The smallest absolute Gasteiger partial charge is 0.457 e. The highest BCUT2D eigenvalue weighted by Crippen LogP contribution is 2.51. The van der Waals surface area contributed by atoms with Gasteiger partial charge in [-0.15, -0.1) is 0 Å². The Morgan fingerprint density at radius 3 is 2.00 bits per heavy atom. The molecule has 0 spiro atoms. The molecule has 1 N–H and O–H groups in total. The highest BCUT2D eigenvalue weighted by molar-refractivity contribution is 6.45. The Morgan fingerprint density at radius 1 is 0.935 bits per heavy atom. The van der Waals surface area contributed by atoms with Crippen LogP contribution in [0.15, 0.2) is 0 Å². The van der Waals surface area contributed by atoms with Crippen LogP contribution in [0.3, 0.4) is 0 Å². The maximum atomic E-state index is 14.4. The summed E-state index contributed by atoms with van der Waals surface area (Å²) in [5, 5.41) is 2.79. The molecule has 0 aliphatic carbocycles. The van der Waals surface area contributed by atoms with Crippen LogP contribution in [0, 0.1) is 11.3 Å². The van der Waals surface area contributed by atoms with E-state index in [9.17, 15) is 19.2 Å². The van der Waals surface area contributed by atoms with Crippen molar-refractivity contribution in [1.82, 2.24) is 15.1 Å². The van der Waals surface area contributed by atoms with E-state index in [1.807, 2.05) is 41.5 Å². The fraction of sp³-hybridized carbons (Fsp3) is 0.879. The molecule has 0 bridgehead atoms. The number of nitrogens with zero attached hydrogens (tertiary/aromatic N) is 2. The van der Waals surface area contributed by atoms with Gasteiger partial charge in [-0.05, 0) is 101 Å². The second kappa shape index (κ2) is 13.5. The summed E-state index contributed by atoms with van der Waals surface area (Å²) in [7, 11) is 0.885. The second-order valence-electron chi connectivity index (χ2n) is 16.4. The lowest BCUT2D eigenvalue weighted by atomic mass is 9.65. The Morgan fingerprint density at radius 2 is 1.50 bits per heavy atom.